The summed E-state index contributed by atoms with van der Waals surface area (Å²) >= 11 is 6.21. The minimum absolute atomic E-state index is 0.181. The molecule has 0 bridgehead atoms. The lowest BCUT2D eigenvalue weighted by Crippen LogP contribution is -2.38. The van der Waals surface area contributed by atoms with E-state index in [4.69, 9.17) is 20.8 Å². The predicted molar refractivity (Wildman–Crippen MR) is 111 cm³/mol. The second kappa shape index (κ2) is 8.27. The molecule has 1 aromatic heterocycles. The van der Waals surface area contributed by atoms with Crippen LogP contribution in [0, 0.1) is 0 Å². The van der Waals surface area contributed by atoms with E-state index in [0.717, 1.165) is 13.0 Å². The number of carbonyl (C=O) groups is 1. The summed E-state index contributed by atoms with van der Waals surface area (Å²) in [4.78, 5) is 25.7. The Labute approximate surface area is 172 Å². The van der Waals surface area contributed by atoms with Gasteiger partial charge in [0.1, 0.15) is 24.2 Å². The highest BCUT2D eigenvalue weighted by molar-refractivity contribution is 6.34. The lowest BCUT2D eigenvalue weighted by Gasteiger charge is -2.21. The number of likely N-dealkylation sites (tertiary alicyclic amines) is 1. The number of rotatable bonds is 6. The number of carboxylic acids is 1. The Bertz CT molecular complexity index is 1110. The zero-order valence-corrected chi connectivity index (χ0v) is 16.4. The van der Waals surface area contributed by atoms with E-state index >= 15 is 0 Å². The zero-order valence-electron chi connectivity index (χ0n) is 15.6. The van der Waals surface area contributed by atoms with Crippen LogP contribution in [-0.2, 0) is 4.79 Å². The molecule has 4 rings (SSSR count). The highest BCUT2D eigenvalue weighted by atomic mass is 35.5. The molecule has 2 aromatic carbocycles. The number of halogens is 1. The van der Waals surface area contributed by atoms with E-state index < -0.39 is 12.0 Å². The van der Waals surface area contributed by atoms with Crippen molar-refractivity contribution >= 4 is 28.5 Å². The van der Waals surface area contributed by atoms with Crippen LogP contribution in [0.1, 0.15) is 12.8 Å². The summed E-state index contributed by atoms with van der Waals surface area (Å²) in [6.07, 6.45) is 1.53. The van der Waals surface area contributed by atoms with Gasteiger partial charge >= 0.3 is 5.97 Å². The normalized spacial score (nSPS) is 16.9. The maximum absolute atomic E-state index is 12.5. The Balaban J connectivity index is 1.58. The number of para-hydroxylation sites is 2. The summed E-state index contributed by atoms with van der Waals surface area (Å²) in [5, 5.41) is 10.1. The van der Waals surface area contributed by atoms with E-state index in [0.29, 0.717) is 52.6 Å². The molecule has 1 unspecified atom stereocenters. The number of benzene rings is 2. The van der Waals surface area contributed by atoms with Crippen molar-refractivity contribution in [2.24, 2.45) is 0 Å². The van der Waals surface area contributed by atoms with E-state index in [2.05, 4.69) is 0 Å². The second-order valence-corrected chi connectivity index (χ2v) is 7.38. The largest absolute Gasteiger partial charge is 0.491 e. The van der Waals surface area contributed by atoms with Gasteiger partial charge in [0.2, 0.25) is 0 Å². The van der Waals surface area contributed by atoms with Gasteiger partial charge in [-0.15, -0.1) is 0 Å². The summed E-state index contributed by atoms with van der Waals surface area (Å²) in [6.45, 7) is 1.60. The van der Waals surface area contributed by atoms with Crippen molar-refractivity contribution in [3.05, 3.63) is 63.8 Å². The van der Waals surface area contributed by atoms with Gasteiger partial charge in [-0.2, -0.15) is 0 Å². The third-order valence-corrected chi connectivity index (χ3v) is 5.44. The van der Waals surface area contributed by atoms with Gasteiger partial charge in [-0.25, -0.2) is 0 Å². The van der Waals surface area contributed by atoms with Gasteiger partial charge in [0.15, 0.2) is 11.0 Å². The molecule has 7 heteroatoms. The molecule has 0 amide bonds. The molecule has 150 valence electrons. The molecule has 2 heterocycles. The van der Waals surface area contributed by atoms with Crippen molar-refractivity contribution in [3.63, 3.8) is 0 Å². The fourth-order valence-electron chi connectivity index (χ4n) is 3.72. The minimum atomic E-state index is -0.794. The molecule has 1 saturated heterocycles. The molecule has 0 radical (unpaired) electrons. The lowest BCUT2D eigenvalue weighted by atomic mass is 10.1. The third-order valence-electron chi connectivity index (χ3n) is 5.14. The number of aliphatic carboxylic acids is 1. The molecular formula is C22H20ClNO5. The van der Waals surface area contributed by atoms with Crippen LogP contribution in [-0.4, -0.2) is 41.7 Å². The average Bonchev–Trinajstić information content (AvgIpc) is 3.18. The average molecular weight is 414 g/mol. The second-order valence-electron chi connectivity index (χ2n) is 6.97. The van der Waals surface area contributed by atoms with Crippen LogP contribution in [0.3, 0.4) is 0 Å². The first-order chi connectivity index (χ1) is 14.0. The smallest absolute Gasteiger partial charge is 0.320 e. The standard InChI is InChI=1S/C22H20ClNO5/c23-16-7-3-6-14-18(25)13-20(29-21(14)16)15-5-1-2-9-19(15)28-12-11-24-10-4-8-17(24)22(26)27/h1-3,5-7,9,13,17H,4,8,10-12H2,(H,26,27). The molecule has 1 aliphatic heterocycles. The Morgan fingerprint density at radius 2 is 2.07 bits per heavy atom. The molecule has 1 aliphatic rings. The van der Waals surface area contributed by atoms with E-state index in [1.807, 2.05) is 23.1 Å². The Morgan fingerprint density at radius 1 is 1.24 bits per heavy atom. The Hall–Kier alpha value is -2.83. The summed E-state index contributed by atoms with van der Waals surface area (Å²) in [6, 6.07) is 13.3. The van der Waals surface area contributed by atoms with Crippen LogP contribution < -0.4 is 10.2 Å². The lowest BCUT2D eigenvalue weighted by molar-refractivity contribution is -0.142. The van der Waals surface area contributed by atoms with Crippen LogP contribution in [0.25, 0.3) is 22.3 Å². The first-order valence-electron chi connectivity index (χ1n) is 9.46. The van der Waals surface area contributed by atoms with Gasteiger partial charge in [0.05, 0.1) is 16.0 Å². The number of hydrogen-bond acceptors (Lipinski definition) is 5. The highest BCUT2D eigenvalue weighted by Gasteiger charge is 2.30. The predicted octanol–water partition coefficient (Wildman–Crippen LogP) is 4.04. The molecule has 0 saturated carbocycles. The van der Waals surface area contributed by atoms with Crippen molar-refractivity contribution in [1.82, 2.24) is 4.90 Å². The van der Waals surface area contributed by atoms with Crippen molar-refractivity contribution < 1.29 is 19.1 Å². The minimum Gasteiger partial charge on any atom is -0.491 e. The van der Waals surface area contributed by atoms with Crippen LogP contribution in [0.15, 0.2) is 57.7 Å². The maximum atomic E-state index is 12.5. The first-order valence-corrected chi connectivity index (χ1v) is 9.84. The number of fused-ring (bicyclic) bond motifs is 1. The van der Waals surface area contributed by atoms with Gasteiger partial charge in [-0.3, -0.25) is 14.5 Å². The molecule has 1 fully saturated rings. The van der Waals surface area contributed by atoms with E-state index in [-0.39, 0.29) is 5.43 Å². The molecule has 3 aromatic rings. The number of ether oxygens (including phenoxy) is 1. The molecular weight excluding hydrogens is 394 g/mol. The van der Waals surface area contributed by atoms with E-state index in [1.165, 1.54) is 6.07 Å². The molecule has 1 N–H and O–H groups in total. The fourth-order valence-corrected chi connectivity index (χ4v) is 3.93. The van der Waals surface area contributed by atoms with Crippen LogP contribution in [0.2, 0.25) is 5.02 Å². The van der Waals surface area contributed by atoms with Gasteiger partial charge in [-0.05, 0) is 43.7 Å². The number of carboxylic acid groups (broad SMARTS) is 1. The van der Waals surface area contributed by atoms with Gasteiger partial charge in [-0.1, -0.05) is 29.8 Å². The van der Waals surface area contributed by atoms with Crippen molar-refractivity contribution in [2.75, 3.05) is 19.7 Å². The van der Waals surface area contributed by atoms with Crippen molar-refractivity contribution in [3.8, 4) is 17.1 Å². The van der Waals surface area contributed by atoms with Crippen molar-refractivity contribution in [2.45, 2.75) is 18.9 Å². The molecule has 29 heavy (non-hydrogen) atoms. The molecule has 1 atom stereocenters. The van der Waals surface area contributed by atoms with Crippen LogP contribution in [0.4, 0.5) is 0 Å². The SMILES string of the molecule is O=C(O)C1CCCN1CCOc1ccccc1-c1cc(=O)c2cccc(Cl)c2o1. The summed E-state index contributed by atoms with van der Waals surface area (Å²) < 4.78 is 11.9. The number of hydrogen-bond donors (Lipinski definition) is 1. The van der Waals surface area contributed by atoms with E-state index in [1.54, 1.807) is 24.3 Å². The summed E-state index contributed by atoms with van der Waals surface area (Å²) in [7, 11) is 0. The van der Waals surface area contributed by atoms with Gasteiger partial charge < -0.3 is 14.3 Å². The third kappa shape index (κ3) is 3.99. The summed E-state index contributed by atoms with van der Waals surface area (Å²) in [5.74, 6) is 0.140. The Kier molecular flexibility index (Phi) is 5.56. The molecule has 6 nitrogen and oxygen atoms in total. The highest BCUT2D eigenvalue weighted by Crippen LogP contribution is 2.32. The van der Waals surface area contributed by atoms with Crippen molar-refractivity contribution in [1.29, 1.82) is 0 Å². The monoisotopic (exact) mass is 413 g/mol. The maximum Gasteiger partial charge on any atom is 0.320 e. The fraction of sp³-hybridized carbons (Fsp3) is 0.273. The summed E-state index contributed by atoms with van der Waals surface area (Å²) in [5.41, 5.74) is 0.801. The van der Waals surface area contributed by atoms with E-state index in [9.17, 15) is 14.7 Å². The van der Waals surface area contributed by atoms with Crippen LogP contribution in [0.5, 0.6) is 5.75 Å². The topological polar surface area (TPSA) is 80.0 Å². The molecule has 0 aliphatic carbocycles. The first kappa shape index (κ1) is 19.5. The quantitative estimate of drug-likeness (QED) is 0.657. The van der Waals surface area contributed by atoms with Gasteiger partial charge in [0.25, 0.3) is 0 Å². The Morgan fingerprint density at radius 3 is 2.90 bits per heavy atom. The van der Waals surface area contributed by atoms with Gasteiger partial charge in [0, 0.05) is 12.6 Å². The zero-order chi connectivity index (χ0) is 20.4. The number of nitrogens with zero attached hydrogens (tertiary/aromatic N) is 1. The van der Waals surface area contributed by atoms with Crippen LogP contribution >= 0.6 is 11.6 Å². The molecule has 0 spiro atoms.